The van der Waals surface area contributed by atoms with Gasteiger partial charge in [-0.15, -0.1) is 12.4 Å². The fraction of sp³-hybridized carbons (Fsp3) is 0.231. The first-order valence-corrected chi connectivity index (χ1v) is 10.4. The molecule has 0 aliphatic carbocycles. The third kappa shape index (κ3) is 3.78. The molecule has 1 aromatic heterocycles. The van der Waals surface area contributed by atoms with Crippen LogP contribution in [-0.4, -0.2) is 32.7 Å². The standard InChI is InChI=1S/C26H27N3O.ClH/c1-29(2)19-12-8-17(9-13-19)22-16-27-25(18-10-14-20(30-3)15-11-18)26-24(22)21-6-4-5-7-23(21)28-26;/h4-15,22,25,27-28H,16H2,1-3H3;1H. The van der Waals surface area contributed by atoms with Gasteiger partial charge in [-0.05, 0) is 47.0 Å². The van der Waals surface area contributed by atoms with Gasteiger partial charge in [0.05, 0.1) is 13.2 Å². The van der Waals surface area contributed by atoms with Crippen LogP contribution in [-0.2, 0) is 0 Å². The Hall–Kier alpha value is -2.95. The minimum atomic E-state index is 0. The minimum absolute atomic E-state index is 0. The van der Waals surface area contributed by atoms with Gasteiger partial charge in [0, 0.05) is 48.8 Å². The van der Waals surface area contributed by atoms with Gasteiger partial charge < -0.3 is 19.9 Å². The van der Waals surface area contributed by atoms with Crippen molar-refractivity contribution in [1.82, 2.24) is 10.3 Å². The Morgan fingerprint density at radius 1 is 0.871 bits per heavy atom. The van der Waals surface area contributed by atoms with Crippen molar-refractivity contribution in [2.45, 2.75) is 12.0 Å². The lowest BCUT2D eigenvalue weighted by Crippen LogP contribution is -2.34. The van der Waals surface area contributed by atoms with Crippen LogP contribution in [0.2, 0.25) is 0 Å². The van der Waals surface area contributed by atoms with Crippen LogP contribution in [0.3, 0.4) is 0 Å². The van der Waals surface area contributed by atoms with Crippen LogP contribution in [0.4, 0.5) is 5.69 Å². The van der Waals surface area contributed by atoms with E-state index in [4.69, 9.17) is 4.74 Å². The molecule has 2 heterocycles. The van der Waals surface area contributed by atoms with E-state index in [2.05, 4.69) is 90.0 Å². The Morgan fingerprint density at radius 3 is 2.23 bits per heavy atom. The zero-order valence-corrected chi connectivity index (χ0v) is 18.9. The Balaban J connectivity index is 0.00000231. The molecule has 5 heteroatoms. The quantitative estimate of drug-likeness (QED) is 0.447. The lowest BCUT2D eigenvalue weighted by Gasteiger charge is -2.31. The SMILES string of the molecule is COc1ccc(C2NCC(c3ccc(N(C)C)cc3)c3c2[nH]c2ccccc32)cc1.Cl. The summed E-state index contributed by atoms with van der Waals surface area (Å²) in [7, 11) is 5.86. The van der Waals surface area contributed by atoms with E-state index in [1.807, 2.05) is 12.1 Å². The Kier molecular flexibility index (Phi) is 5.94. The lowest BCUT2D eigenvalue weighted by molar-refractivity contribution is 0.414. The number of aromatic nitrogens is 1. The molecule has 0 saturated heterocycles. The molecule has 31 heavy (non-hydrogen) atoms. The number of halogens is 1. The van der Waals surface area contributed by atoms with Crippen molar-refractivity contribution in [2.24, 2.45) is 0 Å². The Morgan fingerprint density at radius 2 is 1.55 bits per heavy atom. The first kappa shape index (κ1) is 21.3. The van der Waals surface area contributed by atoms with E-state index in [9.17, 15) is 0 Å². The smallest absolute Gasteiger partial charge is 0.118 e. The van der Waals surface area contributed by atoms with Crippen LogP contribution >= 0.6 is 12.4 Å². The monoisotopic (exact) mass is 433 g/mol. The van der Waals surface area contributed by atoms with E-state index in [0.29, 0.717) is 5.92 Å². The highest BCUT2D eigenvalue weighted by Crippen LogP contribution is 2.41. The molecule has 0 spiro atoms. The number of anilines is 1. The first-order valence-electron chi connectivity index (χ1n) is 10.4. The normalized spacial score (nSPS) is 17.6. The molecule has 5 rings (SSSR count). The molecule has 160 valence electrons. The zero-order chi connectivity index (χ0) is 20.7. The fourth-order valence-corrected chi connectivity index (χ4v) is 4.60. The number of aromatic amines is 1. The maximum atomic E-state index is 5.34. The average Bonchev–Trinajstić information content (AvgIpc) is 3.18. The number of fused-ring (bicyclic) bond motifs is 3. The van der Waals surface area contributed by atoms with E-state index < -0.39 is 0 Å². The summed E-state index contributed by atoms with van der Waals surface area (Å²) in [6.07, 6.45) is 0. The van der Waals surface area contributed by atoms with Crippen LogP contribution < -0.4 is 15.0 Å². The van der Waals surface area contributed by atoms with Crippen molar-refractivity contribution in [1.29, 1.82) is 0 Å². The van der Waals surface area contributed by atoms with Gasteiger partial charge in [0.25, 0.3) is 0 Å². The summed E-state index contributed by atoms with van der Waals surface area (Å²) in [5.74, 6) is 1.19. The lowest BCUT2D eigenvalue weighted by atomic mass is 9.83. The number of rotatable bonds is 4. The number of nitrogens with one attached hydrogen (secondary N) is 2. The average molecular weight is 434 g/mol. The number of para-hydroxylation sites is 1. The number of benzene rings is 3. The molecule has 4 aromatic rings. The Labute approximate surface area is 189 Å². The number of ether oxygens (including phenoxy) is 1. The second-order valence-electron chi connectivity index (χ2n) is 8.15. The zero-order valence-electron chi connectivity index (χ0n) is 18.1. The van der Waals surface area contributed by atoms with Crippen LogP contribution in [0.5, 0.6) is 5.75 Å². The van der Waals surface area contributed by atoms with Gasteiger partial charge in [-0.25, -0.2) is 0 Å². The highest BCUT2D eigenvalue weighted by atomic mass is 35.5. The summed E-state index contributed by atoms with van der Waals surface area (Å²) in [5.41, 5.74) is 7.66. The third-order valence-electron chi connectivity index (χ3n) is 6.20. The number of methoxy groups -OCH3 is 1. The van der Waals surface area contributed by atoms with Gasteiger partial charge in [0.15, 0.2) is 0 Å². The second-order valence-corrected chi connectivity index (χ2v) is 8.15. The molecule has 4 nitrogen and oxygen atoms in total. The van der Waals surface area contributed by atoms with E-state index in [-0.39, 0.29) is 18.4 Å². The summed E-state index contributed by atoms with van der Waals surface area (Å²) in [6.45, 7) is 0.896. The molecule has 3 aromatic carbocycles. The van der Waals surface area contributed by atoms with E-state index in [1.165, 1.54) is 39.0 Å². The fourth-order valence-electron chi connectivity index (χ4n) is 4.60. The largest absolute Gasteiger partial charge is 0.497 e. The van der Waals surface area contributed by atoms with Crippen molar-refractivity contribution in [3.8, 4) is 5.75 Å². The summed E-state index contributed by atoms with van der Waals surface area (Å²) < 4.78 is 5.34. The van der Waals surface area contributed by atoms with Gasteiger partial charge in [0.2, 0.25) is 0 Å². The van der Waals surface area contributed by atoms with Crippen molar-refractivity contribution < 1.29 is 4.74 Å². The maximum absolute atomic E-state index is 5.34. The van der Waals surface area contributed by atoms with Crippen LogP contribution in [0.15, 0.2) is 72.8 Å². The predicted molar refractivity (Wildman–Crippen MR) is 131 cm³/mol. The molecule has 0 radical (unpaired) electrons. The molecule has 0 saturated carbocycles. The molecule has 0 bridgehead atoms. The minimum Gasteiger partial charge on any atom is -0.497 e. The molecular weight excluding hydrogens is 406 g/mol. The maximum Gasteiger partial charge on any atom is 0.118 e. The number of nitrogens with zero attached hydrogens (tertiary/aromatic N) is 1. The van der Waals surface area contributed by atoms with Crippen molar-refractivity contribution in [3.05, 3.63) is 95.2 Å². The van der Waals surface area contributed by atoms with Crippen molar-refractivity contribution in [2.75, 3.05) is 32.6 Å². The van der Waals surface area contributed by atoms with Crippen LogP contribution in [0, 0.1) is 0 Å². The molecule has 1 aliphatic heterocycles. The highest BCUT2D eigenvalue weighted by molar-refractivity contribution is 5.86. The highest BCUT2D eigenvalue weighted by Gasteiger charge is 2.32. The van der Waals surface area contributed by atoms with Gasteiger partial charge in [-0.3, -0.25) is 0 Å². The third-order valence-corrected chi connectivity index (χ3v) is 6.20. The van der Waals surface area contributed by atoms with E-state index in [1.54, 1.807) is 7.11 Å². The van der Waals surface area contributed by atoms with Gasteiger partial charge in [-0.2, -0.15) is 0 Å². The van der Waals surface area contributed by atoms with Crippen molar-refractivity contribution in [3.63, 3.8) is 0 Å². The molecule has 0 amide bonds. The topological polar surface area (TPSA) is 40.3 Å². The summed E-state index contributed by atoms with van der Waals surface area (Å²) in [4.78, 5) is 5.86. The first-order chi connectivity index (χ1) is 14.7. The molecule has 2 N–H and O–H groups in total. The van der Waals surface area contributed by atoms with Crippen LogP contribution in [0.1, 0.15) is 34.3 Å². The van der Waals surface area contributed by atoms with E-state index >= 15 is 0 Å². The predicted octanol–water partition coefficient (Wildman–Crippen LogP) is 5.49. The molecule has 1 aliphatic rings. The van der Waals surface area contributed by atoms with Crippen molar-refractivity contribution >= 4 is 29.0 Å². The van der Waals surface area contributed by atoms with Crippen LogP contribution in [0.25, 0.3) is 10.9 Å². The summed E-state index contributed by atoms with van der Waals surface area (Å²) in [5, 5.41) is 5.11. The number of H-pyrrole nitrogens is 1. The number of hydrogen-bond donors (Lipinski definition) is 2. The summed E-state index contributed by atoms with van der Waals surface area (Å²) >= 11 is 0. The molecule has 2 atom stereocenters. The molecule has 2 unspecified atom stereocenters. The van der Waals surface area contributed by atoms with Gasteiger partial charge in [0.1, 0.15) is 5.75 Å². The number of hydrogen-bond acceptors (Lipinski definition) is 3. The van der Waals surface area contributed by atoms with E-state index in [0.717, 1.165) is 12.3 Å². The molecule has 0 fully saturated rings. The Bertz CT molecular complexity index is 1170. The summed E-state index contributed by atoms with van der Waals surface area (Å²) in [6, 6.07) is 26.1. The second kappa shape index (κ2) is 8.66. The molecular formula is C26H28ClN3O. The van der Waals surface area contributed by atoms with Gasteiger partial charge in [-0.1, -0.05) is 42.5 Å². The van der Waals surface area contributed by atoms with Gasteiger partial charge >= 0.3 is 0 Å².